The first-order chi connectivity index (χ1) is 5.34. The van der Waals surface area contributed by atoms with Crippen LogP contribution in [0.1, 0.15) is 46.0 Å². The summed E-state index contributed by atoms with van der Waals surface area (Å²) in [7, 11) is 0. The average molecular weight is 175 g/mol. The molecule has 2 unspecified atom stereocenters. The molecule has 74 valence electrons. The van der Waals surface area contributed by atoms with E-state index in [2.05, 4.69) is 13.8 Å². The van der Waals surface area contributed by atoms with Crippen LogP contribution in [0.25, 0.3) is 0 Å². The zero-order valence-corrected chi connectivity index (χ0v) is 8.41. The van der Waals surface area contributed by atoms with Crippen LogP contribution in [-0.2, 0) is 0 Å². The molecular weight excluding hydrogens is 153 g/mol. The van der Waals surface area contributed by atoms with Crippen LogP contribution in [-0.4, -0.2) is 19.1 Å². The van der Waals surface area contributed by atoms with Gasteiger partial charge in [-0.25, -0.2) is 0 Å². The predicted octanol–water partition coefficient (Wildman–Crippen LogP) is -1.75. The predicted molar refractivity (Wildman–Crippen MR) is 48.9 cm³/mol. The highest BCUT2D eigenvalue weighted by atomic mass is 19.0. The van der Waals surface area contributed by atoms with Gasteiger partial charge in [0.1, 0.15) is 0 Å². The molecule has 0 saturated carbocycles. The fourth-order valence-electron chi connectivity index (χ4n) is 2.06. The van der Waals surface area contributed by atoms with E-state index in [1.807, 2.05) is 4.90 Å². The zero-order valence-electron chi connectivity index (χ0n) is 8.41. The Morgan fingerprint density at radius 1 is 1.33 bits per heavy atom. The van der Waals surface area contributed by atoms with Crippen LogP contribution in [0.3, 0.4) is 0 Å². The second kappa shape index (κ2) is 6.41. The Hall–Kier alpha value is -0.110. The number of halogens is 1. The maximum Gasteiger partial charge on any atom is 0.0848 e. The lowest BCUT2D eigenvalue weighted by atomic mass is 10.2. The molecule has 2 heteroatoms. The quantitative estimate of drug-likeness (QED) is 0.483. The highest BCUT2D eigenvalue weighted by molar-refractivity contribution is 4.55. The van der Waals surface area contributed by atoms with Gasteiger partial charge in [-0.15, -0.1) is 0 Å². The minimum absolute atomic E-state index is 0. The van der Waals surface area contributed by atoms with Gasteiger partial charge in [0.25, 0.3) is 0 Å². The van der Waals surface area contributed by atoms with E-state index < -0.39 is 0 Å². The van der Waals surface area contributed by atoms with Crippen molar-refractivity contribution in [1.29, 1.82) is 0 Å². The molecule has 0 aromatic heterocycles. The van der Waals surface area contributed by atoms with E-state index in [1.165, 1.54) is 45.2 Å². The number of nitrogens with one attached hydrogen (secondary N) is 1. The monoisotopic (exact) mass is 175 g/mol. The van der Waals surface area contributed by atoms with Crippen molar-refractivity contribution in [2.45, 2.75) is 52.0 Å². The molecule has 12 heavy (non-hydrogen) atoms. The lowest BCUT2D eigenvalue weighted by Crippen LogP contribution is -3.13. The molecule has 1 nitrogen and oxygen atoms in total. The van der Waals surface area contributed by atoms with E-state index in [9.17, 15) is 0 Å². The van der Waals surface area contributed by atoms with Gasteiger partial charge in [-0.1, -0.05) is 13.3 Å². The Morgan fingerprint density at radius 2 is 2.08 bits per heavy atom. The molecule has 1 fully saturated rings. The minimum atomic E-state index is 0. The van der Waals surface area contributed by atoms with Crippen LogP contribution >= 0.6 is 0 Å². The molecule has 2 atom stereocenters. The van der Waals surface area contributed by atoms with Crippen molar-refractivity contribution in [2.75, 3.05) is 13.1 Å². The van der Waals surface area contributed by atoms with Gasteiger partial charge >= 0.3 is 0 Å². The molecule has 1 rings (SSSR count). The number of hydrogen-bond acceptors (Lipinski definition) is 0. The Kier molecular flexibility index (Phi) is 6.35. The van der Waals surface area contributed by atoms with Gasteiger partial charge in [0.05, 0.1) is 19.1 Å². The Balaban J connectivity index is 0.00000121. The Bertz CT molecular complexity index is 106. The molecular formula is C10H22FN. The van der Waals surface area contributed by atoms with Crippen LogP contribution in [0.5, 0.6) is 0 Å². The fourth-order valence-corrected chi connectivity index (χ4v) is 2.06. The normalized spacial score (nSPS) is 28.5. The molecule has 0 spiro atoms. The highest BCUT2D eigenvalue weighted by Gasteiger charge is 2.22. The van der Waals surface area contributed by atoms with Crippen LogP contribution in [0.4, 0.5) is 0 Å². The van der Waals surface area contributed by atoms with Gasteiger partial charge in [0.15, 0.2) is 0 Å². The largest absolute Gasteiger partial charge is 1.00 e. The van der Waals surface area contributed by atoms with E-state index in [4.69, 9.17) is 0 Å². The third kappa shape index (κ3) is 3.53. The first kappa shape index (κ1) is 11.9. The summed E-state index contributed by atoms with van der Waals surface area (Å²) in [5.74, 6) is 0. The maximum absolute atomic E-state index is 2.40. The minimum Gasteiger partial charge on any atom is -1.00 e. The third-order valence-corrected chi connectivity index (χ3v) is 2.93. The van der Waals surface area contributed by atoms with Gasteiger partial charge in [0.2, 0.25) is 0 Å². The third-order valence-electron chi connectivity index (χ3n) is 2.93. The summed E-state index contributed by atoms with van der Waals surface area (Å²) in [4.78, 5) is 1.86. The van der Waals surface area contributed by atoms with Crippen molar-refractivity contribution in [3.05, 3.63) is 0 Å². The lowest BCUT2D eigenvalue weighted by molar-refractivity contribution is -0.910. The van der Waals surface area contributed by atoms with E-state index >= 15 is 0 Å². The Morgan fingerprint density at radius 3 is 2.58 bits per heavy atom. The van der Waals surface area contributed by atoms with Crippen molar-refractivity contribution >= 4 is 0 Å². The topological polar surface area (TPSA) is 4.44 Å². The molecule has 0 amide bonds. The van der Waals surface area contributed by atoms with Crippen molar-refractivity contribution < 1.29 is 9.60 Å². The first-order valence-electron chi connectivity index (χ1n) is 5.19. The summed E-state index contributed by atoms with van der Waals surface area (Å²) in [5, 5.41) is 0. The van der Waals surface area contributed by atoms with Gasteiger partial charge in [0, 0.05) is 12.8 Å². The zero-order chi connectivity index (χ0) is 8.10. The second-order valence-corrected chi connectivity index (χ2v) is 3.91. The first-order valence-corrected chi connectivity index (χ1v) is 5.19. The molecule has 1 heterocycles. The maximum atomic E-state index is 2.40. The van der Waals surface area contributed by atoms with Crippen LogP contribution in [0, 0.1) is 0 Å². The van der Waals surface area contributed by atoms with E-state index in [-0.39, 0.29) is 4.70 Å². The smallest absolute Gasteiger partial charge is 0.0848 e. The SMILES string of the molecule is CCCCC[NH+]1CCCC1C.[F-]. The van der Waals surface area contributed by atoms with E-state index in [0.717, 1.165) is 6.04 Å². The number of rotatable bonds is 4. The average Bonchev–Trinajstić information content (AvgIpc) is 2.37. The molecule has 0 radical (unpaired) electrons. The summed E-state index contributed by atoms with van der Waals surface area (Å²) >= 11 is 0. The molecule has 0 aromatic carbocycles. The van der Waals surface area contributed by atoms with Gasteiger partial charge < -0.3 is 9.60 Å². The van der Waals surface area contributed by atoms with Crippen molar-refractivity contribution in [2.24, 2.45) is 0 Å². The van der Waals surface area contributed by atoms with Gasteiger partial charge in [-0.3, -0.25) is 0 Å². The van der Waals surface area contributed by atoms with Gasteiger partial charge in [-0.2, -0.15) is 0 Å². The highest BCUT2D eigenvalue weighted by Crippen LogP contribution is 1.99. The van der Waals surface area contributed by atoms with Crippen LogP contribution < -0.4 is 9.60 Å². The van der Waals surface area contributed by atoms with E-state index in [1.54, 1.807) is 0 Å². The van der Waals surface area contributed by atoms with Crippen LogP contribution in [0.15, 0.2) is 0 Å². The number of likely N-dealkylation sites (tertiary alicyclic amines) is 1. The van der Waals surface area contributed by atoms with Gasteiger partial charge in [-0.05, 0) is 19.8 Å². The van der Waals surface area contributed by atoms with Crippen molar-refractivity contribution in [3.63, 3.8) is 0 Å². The van der Waals surface area contributed by atoms with Crippen molar-refractivity contribution in [3.8, 4) is 0 Å². The lowest BCUT2D eigenvalue weighted by Gasteiger charge is -2.17. The summed E-state index contributed by atoms with van der Waals surface area (Å²) in [6.45, 7) is 7.54. The molecule has 0 bridgehead atoms. The standard InChI is InChI=1S/C10H21N.FH/c1-3-4-5-8-11-9-6-7-10(11)2;/h10H,3-9H2,1-2H3;1H. The molecule has 1 aliphatic rings. The van der Waals surface area contributed by atoms with E-state index in [0.29, 0.717) is 0 Å². The summed E-state index contributed by atoms with van der Waals surface area (Å²) in [5.41, 5.74) is 0. The summed E-state index contributed by atoms with van der Waals surface area (Å²) in [6.07, 6.45) is 7.15. The number of hydrogen-bond donors (Lipinski definition) is 1. The molecule has 1 aliphatic heterocycles. The summed E-state index contributed by atoms with van der Waals surface area (Å²) < 4.78 is 0. The summed E-state index contributed by atoms with van der Waals surface area (Å²) in [6, 6.07) is 0.951. The van der Waals surface area contributed by atoms with Crippen molar-refractivity contribution in [1.82, 2.24) is 0 Å². The Labute approximate surface area is 75.5 Å². The number of unbranched alkanes of at least 4 members (excludes halogenated alkanes) is 2. The van der Waals surface area contributed by atoms with Crippen LogP contribution in [0.2, 0.25) is 0 Å². The fraction of sp³-hybridized carbons (Fsp3) is 1.00. The second-order valence-electron chi connectivity index (χ2n) is 3.91. The number of quaternary nitrogens is 1. The molecule has 1 saturated heterocycles. The molecule has 0 aromatic rings. The molecule has 0 aliphatic carbocycles. The molecule has 1 N–H and O–H groups in total.